The Morgan fingerprint density at radius 1 is 1.14 bits per heavy atom. The number of rotatable bonds is 6. The standard InChI is InChI=1S/C23H21F3N6O3/c24-23(25,26)35-17-8-6-16(7-9-17)34-18-5-1-3-14(11-18)20-19(22(29)33)21(28)32(30-20)15-4-2-10-31(12-15)13-27/h1,3,5-9,11,15H,2,4,10,12,28H2,(H2,29,33). The van der Waals surface area contributed by atoms with Gasteiger partial charge in [-0.2, -0.15) is 10.4 Å². The van der Waals surface area contributed by atoms with Crippen LogP contribution in [0, 0.1) is 11.5 Å². The molecule has 4 N–H and O–H groups in total. The van der Waals surface area contributed by atoms with Gasteiger partial charge in [-0.3, -0.25) is 4.79 Å². The molecule has 2 aromatic carbocycles. The van der Waals surface area contributed by atoms with Crippen molar-refractivity contribution in [2.24, 2.45) is 5.73 Å². The predicted molar refractivity (Wildman–Crippen MR) is 119 cm³/mol. The first kappa shape index (κ1) is 23.7. The fourth-order valence-corrected chi connectivity index (χ4v) is 3.97. The lowest BCUT2D eigenvalue weighted by Crippen LogP contribution is -2.34. The second-order valence-electron chi connectivity index (χ2n) is 7.91. The zero-order valence-corrected chi connectivity index (χ0v) is 18.3. The quantitative estimate of drug-likeness (QED) is 0.503. The number of hydrogen-bond donors (Lipinski definition) is 2. The zero-order chi connectivity index (χ0) is 25.2. The Morgan fingerprint density at radius 2 is 1.86 bits per heavy atom. The van der Waals surface area contributed by atoms with Crippen LogP contribution in [0.5, 0.6) is 17.2 Å². The van der Waals surface area contributed by atoms with E-state index in [0.29, 0.717) is 24.4 Å². The summed E-state index contributed by atoms with van der Waals surface area (Å²) in [6, 6.07) is 11.4. The Morgan fingerprint density at radius 3 is 2.51 bits per heavy atom. The number of nitrogens with two attached hydrogens (primary N) is 2. The maximum atomic E-state index is 12.4. The van der Waals surface area contributed by atoms with Crippen molar-refractivity contribution < 1.29 is 27.4 Å². The normalized spacial score (nSPS) is 15.9. The van der Waals surface area contributed by atoms with Gasteiger partial charge in [-0.25, -0.2) is 4.68 Å². The first-order valence-corrected chi connectivity index (χ1v) is 10.6. The monoisotopic (exact) mass is 486 g/mol. The highest BCUT2D eigenvalue weighted by Gasteiger charge is 2.31. The molecular weight excluding hydrogens is 465 g/mol. The molecule has 1 unspecified atom stereocenters. The van der Waals surface area contributed by atoms with Gasteiger partial charge in [0.1, 0.15) is 34.3 Å². The molecule has 0 saturated carbocycles. The Balaban J connectivity index is 1.61. The first-order valence-electron chi connectivity index (χ1n) is 10.6. The van der Waals surface area contributed by atoms with Crippen LogP contribution < -0.4 is 20.9 Å². The molecule has 0 spiro atoms. The smallest absolute Gasteiger partial charge is 0.457 e. The highest BCUT2D eigenvalue weighted by molar-refractivity contribution is 6.03. The molecule has 0 aliphatic carbocycles. The van der Waals surface area contributed by atoms with Crippen molar-refractivity contribution in [3.05, 3.63) is 54.1 Å². The topological polar surface area (TPSA) is 132 Å². The molecule has 1 aromatic heterocycles. The summed E-state index contributed by atoms with van der Waals surface area (Å²) < 4.78 is 48.2. The van der Waals surface area contributed by atoms with Crippen LogP contribution >= 0.6 is 0 Å². The van der Waals surface area contributed by atoms with Gasteiger partial charge < -0.3 is 25.8 Å². The minimum absolute atomic E-state index is 0.0601. The number of piperidine rings is 1. The number of benzene rings is 2. The second kappa shape index (κ2) is 9.46. The number of halogens is 3. The van der Waals surface area contributed by atoms with Crippen LogP contribution in [-0.2, 0) is 0 Å². The number of carbonyl (C=O) groups excluding carboxylic acids is 1. The first-order chi connectivity index (χ1) is 16.6. The van der Waals surface area contributed by atoms with Crippen LogP contribution in [0.25, 0.3) is 11.3 Å². The van der Waals surface area contributed by atoms with Gasteiger partial charge >= 0.3 is 6.36 Å². The summed E-state index contributed by atoms with van der Waals surface area (Å²) in [5.41, 5.74) is 12.7. The third-order valence-electron chi connectivity index (χ3n) is 5.48. The molecule has 3 aromatic rings. The summed E-state index contributed by atoms with van der Waals surface area (Å²) >= 11 is 0. The van der Waals surface area contributed by atoms with E-state index in [0.717, 1.165) is 25.0 Å². The van der Waals surface area contributed by atoms with E-state index in [2.05, 4.69) is 16.0 Å². The molecule has 9 nitrogen and oxygen atoms in total. The van der Waals surface area contributed by atoms with E-state index in [9.17, 15) is 23.2 Å². The molecule has 12 heteroatoms. The number of carbonyl (C=O) groups is 1. The van der Waals surface area contributed by atoms with Crippen molar-refractivity contribution in [3.8, 4) is 34.7 Å². The number of anilines is 1. The molecule has 0 bridgehead atoms. The average molecular weight is 486 g/mol. The Bertz CT molecular complexity index is 1270. The number of nitriles is 1. The molecule has 1 aliphatic rings. The van der Waals surface area contributed by atoms with Gasteiger partial charge in [0, 0.05) is 12.1 Å². The fourth-order valence-electron chi connectivity index (χ4n) is 3.97. The highest BCUT2D eigenvalue weighted by Crippen LogP contribution is 2.34. The summed E-state index contributed by atoms with van der Waals surface area (Å²) in [7, 11) is 0. The van der Waals surface area contributed by atoms with E-state index in [1.54, 1.807) is 29.2 Å². The van der Waals surface area contributed by atoms with Crippen molar-refractivity contribution in [1.82, 2.24) is 14.7 Å². The van der Waals surface area contributed by atoms with Crippen molar-refractivity contribution in [3.63, 3.8) is 0 Å². The van der Waals surface area contributed by atoms with Crippen LogP contribution in [0.15, 0.2) is 48.5 Å². The molecule has 1 saturated heterocycles. The Labute approximate surface area is 198 Å². The van der Waals surface area contributed by atoms with Crippen LogP contribution in [0.1, 0.15) is 29.2 Å². The maximum Gasteiger partial charge on any atom is 0.573 e. The lowest BCUT2D eigenvalue weighted by molar-refractivity contribution is -0.274. The minimum atomic E-state index is -4.79. The molecule has 1 aliphatic heterocycles. The van der Waals surface area contributed by atoms with Crippen LogP contribution in [0.4, 0.5) is 19.0 Å². The third-order valence-corrected chi connectivity index (χ3v) is 5.48. The molecule has 1 amide bonds. The lowest BCUT2D eigenvalue weighted by Gasteiger charge is -2.29. The molecule has 2 heterocycles. The third kappa shape index (κ3) is 5.40. The second-order valence-corrected chi connectivity index (χ2v) is 7.91. The summed E-state index contributed by atoms with van der Waals surface area (Å²) in [5, 5.41) is 13.8. The number of nitrogens with zero attached hydrogens (tertiary/aromatic N) is 4. The van der Waals surface area contributed by atoms with Crippen LogP contribution in [0.3, 0.4) is 0 Å². The lowest BCUT2D eigenvalue weighted by atomic mass is 10.1. The number of hydrogen-bond acceptors (Lipinski definition) is 7. The summed E-state index contributed by atoms with van der Waals surface area (Å²) in [5.74, 6) is -0.380. The van der Waals surface area contributed by atoms with Gasteiger partial charge in [-0.1, -0.05) is 12.1 Å². The number of primary amides is 1. The molecule has 182 valence electrons. The van der Waals surface area contributed by atoms with Gasteiger partial charge in [0.25, 0.3) is 5.91 Å². The number of amides is 1. The van der Waals surface area contributed by atoms with E-state index < -0.39 is 12.3 Å². The van der Waals surface area contributed by atoms with Gasteiger partial charge in [0.2, 0.25) is 0 Å². The number of aromatic nitrogens is 2. The van der Waals surface area contributed by atoms with E-state index in [4.69, 9.17) is 16.2 Å². The minimum Gasteiger partial charge on any atom is -0.457 e. The summed E-state index contributed by atoms with van der Waals surface area (Å²) in [4.78, 5) is 13.9. The predicted octanol–water partition coefficient (Wildman–Crippen LogP) is 4.04. The molecule has 1 atom stereocenters. The molecule has 0 radical (unpaired) electrons. The average Bonchev–Trinajstić information content (AvgIpc) is 3.17. The fraction of sp³-hybridized carbons (Fsp3) is 0.261. The number of nitrogen functional groups attached to an aromatic ring is 1. The van der Waals surface area contributed by atoms with Gasteiger partial charge in [-0.05, 0) is 49.2 Å². The number of ether oxygens (including phenoxy) is 2. The molecule has 1 fully saturated rings. The number of likely N-dealkylation sites (tertiary alicyclic amines) is 1. The van der Waals surface area contributed by atoms with E-state index in [1.165, 1.54) is 16.8 Å². The summed E-state index contributed by atoms with van der Waals surface area (Å²) in [6.45, 7) is 1.06. The number of alkyl halides is 3. The highest BCUT2D eigenvalue weighted by atomic mass is 19.4. The van der Waals surface area contributed by atoms with Crippen molar-refractivity contribution >= 4 is 11.7 Å². The van der Waals surface area contributed by atoms with E-state index in [1.807, 2.05) is 0 Å². The summed E-state index contributed by atoms with van der Waals surface area (Å²) in [6.07, 6.45) is -1.16. The van der Waals surface area contributed by atoms with Crippen molar-refractivity contribution in [2.45, 2.75) is 25.2 Å². The van der Waals surface area contributed by atoms with Crippen molar-refractivity contribution in [1.29, 1.82) is 5.26 Å². The molecular formula is C23H21F3N6O3. The van der Waals surface area contributed by atoms with E-state index in [-0.39, 0.29) is 34.6 Å². The molecule has 4 rings (SSSR count). The van der Waals surface area contributed by atoms with Gasteiger partial charge in [0.05, 0.1) is 12.6 Å². The van der Waals surface area contributed by atoms with Crippen LogP contribution in [0.2, 0.25) is 0 Å². The van der Waals surface area contributed by atoms with Crippen LogP contribution in [-0.4, -0.2) is 40.0 Å². The SMILES string of the molecule is N#CN1CCCC(n2nc(-c3cccc(Oc4ccc(OC(F)(F)F)cc4)c3)c(C(N)=O)c2N)C1. The molecule has 35 heavy (non-hydrogen) atoms. The Hall–Kier alpha value is -4.40. The Kier molecular flexibility index (Phi) is 6.42. The van der Waals surface area contributed by atoms with Crippen molar-refractivity contribution in [2.75, 3.05) is 18.8 Å². The maximum absolute atomic E-state index is 12.4. The zero-order valence-electron chi connectivity index (χ0n) is 18.3. The van der Waals surface area contributed by atoms with E-state index >= 15 is 0 Å². The van der Waals surface area contributed by atoms with Gasteiger partial charge in [0.15, 0.2) is 6.19 Å². The van der Waals surface area contributed by atoms with Gasteiger partial charge in [-0.15, -0.1) is 13.2 Å². The largest absolute Gasteiger partial charge is 0.573 e.